The zero-order valence-corrected chi connectivity index (χ0v) is 13.1. The Hall–Kier alpha value is -1.60. The van der Waals surface area contributed by atoms with Crippen LogP contribution < -0.4 is 4.90 Å². The first-order valence-corrected chi connectivity index (χ1v) is 7.60. The van der Waals surface area contributed by atoms with Gasteiger partial charge in [-0.05, 0) is 5.56 Å². The van der Waals surface area contributed by atoms with E-state index in [0.717, 1.165) is 10.5 Å². The van der Waals surface area contributed by atoms with Crippen LogP contribution in [0.15, 0.2) is 30.3 Å². The van der Waals surface area contributed by atoms with Gasteiger partial charge in [0, 0.05) is 6.42 Å². The zero-order chi connectivity index (χ0) is 16.3. The highest BCUT2D eigenvalue weighted by atomic mass is 35.5. The van der Waals surface area contributed by atoms with Gasteiger partial charge in [0.05, 0.1) is 6.54 Å². The van der Waals surface area contributed by atoms with Crippen molar-refractivity contribution in [2.24, 2.45) is 0 Å². The summed E-state index contributed by atoms with van der Waals surface area (Å²) in [5, 5.41) is -0.270. The molecular formula is C14H12ClF3N2OS. The molecule has 1 amide bonds. The maximum absolute atomic E-state index is 13.1. The van der Waals surface area contributed by atoms with Crippen molar-refractivity contribution < 1.29 is 18.0 Å². The van der Waals surface area contributed by atoms with Gasteiger partial charge in [0.25, 0.3) is 0 Å². The molecule has 1 heterocycles. The second-order valence-electron chi connectivity index (χ2n) is 4.44. The van der Waals surface area contributed by atoms with Gasteiger partial charge in [-0.25, -0.2) is 4.98 Å². The highest BCUT2D eigenvalue weighted by molar-refractivity contribution is 7.19. The van der Waals surface area contributed by atoms with Crippen molar-refractivity contribution in [2.75, 3.05) is 4.90 Å². The van der Waals surface area contributed by atoms with Crippen LogP contribution in [0.2, 0.25) is 4.47 Å². The molecule has 0 bridgehead atoms. The number of thiazole rings is 1. The Kier molecular flexibility index (Phi) is 5.08. The SMILES string of the molecule is CCC(=O)N(Cc1ccccc1)c1sc(Cl)nc1C(F)(F)F. The first-order valence-electron chi connectivity index (χ1n) is 6.40. The summed E-state index contributed by atoms with van der Waals surface area (Å²) >= 11 is 6.29. The van der Waals surface area contributed by atoms with Crippen molar-refractivity contribution >= 4 is 33.8 Å². The number of anilines is 1. The number of nitrogens with zero attached hydrogens (tertiary/aromatic N) is 2. The predicted molar refractivity (Wildman–Crippen MR) is 80.0 cm³/mol. The van der Waals surface area contributed by atoms with Crippen LogP contribution in [0.25, 0.3) is 0 Å². The Bertz CT molecular complexity index is 658. The lowest BCUT2D eigenvalue weighted by Crippen LogP contribution is -2.30. The average Bonchev–Trinajstić information content (AvgIpc) is 2.87. The number of rotatable bonds is 4. The van der Waals surface area contributed by atoms with E-state index in [2.05, 4.69) is 4.98 Å². The molecule has 0 spiro atoms. The Balaban J connectivity index is 2.45. The molecule has 0 N–H and O–H groups in total. The summed E-state index contributed by atoms with van der Waals surface area (Å²) in [6.45, 7) is 1.63. The monoisotopic (exact) mass is 348 g/mol. The van der Waals surface area contributed by atoms with Gasteiger partial charge in [-0.1, -0.05) is 60.2 Å². The Labute approximate surface area is 134 Å². The Morgan fingerprint density at radius 2 is 1.95 bits per heavy atom. The van der Waals surface area contributed by atoms with E-state index in [1.165, 1.54) is 0 Å². The number of carbonyl (C=O) groups excluding carboxylic acids is 1. The van der Waals surface area contributed by atoms with E-state index >= 15 is 0 Å². The minimum atomic E-state index is -4.66. The maximum Gasteiger partial charge on any atom is 0.436 e. The van der Waals surface area contributed by atoms with Crippen molar-refractivity contribution in [3.05, 3.63) is 46.1 Å². The smallest absolute Gasteiger partial charge is 0.297 e. The highest BCUT2D eigenvalue weighted by Gasteiger charge is 2.40. The molecule has 1 aromatic heterocycles. The van der Waals surface area contributed by atoms with Crippen LogP contribution in [-0.4, -0.2) is 10.9 Å². The van der Waals surface area contributed by atoms with E-state index in [4.69, 9.17) is 11.6 Å². The summed E-state index contributed by atoms with van der Waals surface area (Å²) in [4.78, 5) is 16.5. The largest absolute Gasteiger partial charge is 0.436 e. The van der Waals surface area contributed by atoms with Crippen LogP contribution in [0.1, 0.15) is 24.6 Å². The second-order valence-corrected chi connectivity index (χ2v) is 6.00. The molecule has 0 fully saturated rings. The van der Waals surface area contributed by atoms with Crippen molar-refractivity contribution in [3.63, 3.8) is 0 Å². The van der Waals surface area contributed by atoms with Crippen molar-refractivity contribution in [3.8, 4) is 0 Å². The fraction of sp³-hybridized carbons (Fsp3) is 0.286. The molecular weight excluding hydrogens is 337 g/mol. The van der Waals surface area contributed by atoms with Gasteiger partial charge in [-0.3, -0.25) is 9.69 Å². The topological polar surface area (TPSA) is 33.2 Å². The van der Waals surface area contributed by atoms with Crippen LogP contribution in [0.4, 0.5) is 18.2 Å². The molecule has 0 aliphatic carbocycles. The number of aromatic nitrogens is 1. The number of carbonyl (C=O) groups is 1. The fourth-order valence-corrected chi connectivity index (χ4v) is 3.02. The van der Waals surface area contributed by atoms with Crippen LogP contribution in [0.5, 0.6) is 0 Å². The van der Waals surface area contributed by atoms with Gasteiger partial charge < -0.3 is 0 Å². The van der Waals surface area contributed by atoms with Gasteiger partial charge in [-0.15, -0.1) is 0 Å². The van der Waals surface area contributed by atoms with E-state index < -0.39 is 17.8 Å². The molecule has 0 saturated heterocycles. The van der Waals surface area contributed by atoms with Gasteiger partial charge in [-0.2, -0.15) is 13.2 Å². The average molecular weight is 349 g/mol. The minimum Gasteiger partial charge on any atom is -0.297 e. The number of halogens is 4. The van der Waals surface area contributed by atoms with Gasteiger partial charge in [0.15, 0.2) is 10.2 Å². The first kappa shape index (κ1) is 16.8. The van der Waals surface area contributed by atoms with Crippen LogP contribution in [0, 0.1) is 0 Å². The van der Waals surface area contributed by atoms with Crippen LogP contribution in [0.3, 0.4) is 0 Å². The third-order valence-corrected chi connectivity index (χ3v) is 4.07. The third kappa shape index (κ3) is 3.78. The molecule has 8 heteroatoms. The van der Waals surface area contributed by atoms with Crippen LogP contribution >= 0.6 is 22.9 Å². The summed E-state index contributed by atoms with van der Waals surface area (Å²) in [5.74, 6) is -0.422. The lowest BCUT2D eigenvalue weighted by molar-refractivity contribution is -0.140. The fourth-order valence-electron chi connectivity index (χ4n) is 1.88. The Morgan fingerprint density at radius 1 is 1.32 bits per heavy atom. The molecule has 0 radical (unpaired) electrons. The van der Waals surface area contributed by atoms with Crippen molar-refractivity contribution in [1.29, 1.82) is 0 Å². The molecule has 2 aromatic rings. The summed E-state index contributed by atoms with van der Waals surface area (Å²) in [7, 11) is 0. The molecule has 0 unspecified atom stereocenters. The van der Waals surface area contributed by atoms with E-state index in [9.17, 15) is 18.0 Å². The van der Waals surface area contributed by atoms with Crippen LogP contribution in [-0.2, 0) is 17.5 Å². The van der Waals surface area contributed by atoms with Crippen molar-refractivity contribution in [2.45, 2.75) is 26.1 Å². The minimum absolute atomic E-state index is 0.0368. The number of hydrogen-bond acceptors (Lipinski definition) is 3. The van der Waals surface area contributed by atoms with Gasteiger partial charge >= 0.3 is 6.18 Å². The van der Waals surface area contributed by atoms with E-state index in [1.54, 1.807) is 37.3 Å². The van der Waals surface area contributed by atoms with E-state index in [-0.39, 0.29) is 22.4 Å². The molecule has 118 valence electrons. The summed E-state index contributed by atoms with van der Waals surface area (Å²) in [5.41, 5.74) is -0.401. The molecule has 22 heavy (non-hydrogen) atoms. The van der Waals surface area contributed by atoms with Gasteiger partial charge in [0.1, 0.15) is 5.00 Å². The number of alkyl halides is 3. The first-order chi connectivity index (χ1) is 10.3. The lowest BCUT2D eigenvalue weighted by Gasteiger charge is -2.22. The van der Waals surface area contributed by atoms with E-state index in [1.807, 2.05) is 0 Å². The predicted octanol–water partition coefficient (Wildman–Crippen LogP) is 4.76. The molecule has 0 aliphatic heterocycles. The number of benzene rings is 1. The van der Waals surface area contributed by atoms with Crippen molar-refractivity contribution in [1.82, 2.24) is 4.98 Å². The second kappa shape index (κ2) is 6.66. The molecule has 3 nitrogen and oxygen atoms in total. The zero-order valence-electron chi connectivity index (χ0n) is 11.5. The lowest BCUT2D eigenvalue weighted by atomic mass is 10.2. The molecule has 0 saturated carbocycles. The number of hydrogen-bond donors (Lipinski definition) is 0. The third-order valence-electron chi connectivity index (χ3n) is 2.88. The summed E-state index contributed by atoms with van der Waals surface area (Å²) in [6.07, 6.45) is -4.58. The number of amides is 1. The van der Waals surface area contributed by atoms with E-state index in [0.29, 0.717) is 11.3 Å². The maximum atomic E-state index is 13.1. The normalized spacial score (nSPS) is 11.5. The summed E-state index contributed by atoms with van der Waals surface area (Å²) in [6, 6.07) is 8.79. The summed E-state index contributed by atoms with van der Waals surface area (Å²) < 4.78 is 39.0. The van der Waals surface area contributed by atoms with Gasteiger partial charge in [0.2, 0.25) is 5.91 Å². The quantitative estimate of drug-likeness (QED) is 0.798. The molecule has 1 aromatic carbocycles. The molecule has 0 aliphatic rings. The Morgan fingerprint density at radius 3 is 2.50 bits per heavy atom. The molecule has 0 atom stereocenters. The standard InChI is InChI=1S/C14H12ClF3N2OS/c1-2-10(21)20(8-9-6-4-3-5-7-9)12-11(14(16,17)18)19-13(15)22-12/h3-7H,2,8H2,1H3. The highest BCUT2D eigenvalue weighted by Crippen LogP contribution is 2.42. The molecule has 2 rings (SSSR count).